The van der Waals surface area contributed by atoms with E-state index < -0.39 is 0 Å². The van der Waals surface area contributed by atoms with E-state index in [1.807, 2.05) is 42.5 Å². The first-order chi connectivity index (χ1) is 15.1. The third kappa shape index (κ3) is 7.30. The molecule has 3 aromatic carbocycles. The van der Waals surface area contributed by atoms with E-state index >= 15 is 0 Å². The molecule has 0 radical (unpaired) electrons. The molecule has 0 aliphatic rings. The Morgan fingerprint density at radius 1 is 0.806 bits per heavy atom. The first-order valence-corrected chi connectivity index (χ1v) is 10.6. The highest BCUT2D eigenvalue weighted by molar-refractivity contribution is 5.99. The van der Waals surface area contributed by atoms with Crippen molar-refractivity contribution in [1.82, 2.24) is 5.32 Å². The summed E-state index contributed by atoms with van der Waals surface area (Å²) in [5.74, 6) is 0.870. The zero-order valence-electron chi connectivity index (χ0n) is 17.8. The molecule has 0 aromatic heterocycles. The Balaban J connectivity index is 1.43. The lowest BCUT2D eigenvalue weighted by atomic mass is 10.1. The average molecular weight is 417 g/mol. The van der Waals surface area contributed by atoms with Crippen molar-refractivity contribution in [3.63, 3.8) is 0 Å². The Labute approximate surface area is 183 Å². The summed E-state index contributed by atoms with van der Waals surface area (Å²) in [6, 6.07) is 24.1. The number of unbranched alkanes of at least 4 members (excludes halogenated alkanes) is 2. The number of aryl methyl sites for hydroxylation is 1. The number of amides is 2. The zero-order chi connectivity index (χ0) is 21.9. The highest BCUT2D eigenvalue weighted by Crippen LogP contribution is 2.22. The number of hydrogen-bond donors (Lipinski definition) is 2. The summed E-state index contributed by atoms with van der Waals surface area (Å²) in [5, 5.41) is 5.43. The molecule has 0 saturated heterocycles. The normalized spacial score (nSPS) is 10.4. The van der Waals surface area contributed by atoms with E-state index in [0.717, 1.165) is 18.6 Å². The molecule has 31 heavy (non-hydrogen) atoms. The molecular weight excluding hydrogens is 388 g/mol. The van der Waals surface area contributed by atoms with Crippen LogP contribution in [0.5, 0.6) is 11.5 Å². The van der Waals surface area contributed by atoms with Crippen LogP contribution in [-0.2, 0) is 11.2 Å². The first-order valence-electron chi connectivity index (χ1n) is 10.6. The van der Waals surface area contributed by atoms with Crippen LogP contribution in [0, 0.1) is 0 Å². The second kappa shape index (κ2) is 11.6. The fourth-order valence-corrected chi connectivity index (χ4v) is 3.10. The van der Waals surface area contributed by atoms with E-state index in [0.29, 0.717) is 17.0 Å². The van der Waals surface area contributed by atoms with Gasteiger partial charge in [0.15, 0.2) is 0 Å². The molecule has 0 bridgehead atoms. The van der Waals surface area contributed by atoms with Crippen molar-refractivity contribution in [2.75, 3.05) is 11.9 Å². The molecule has 0 aliphatic carbocycles. The smallest absolute Gasteiger partial charge is 0.251 e. The van der Waals surface area contributed by atoms with Gasteiger partial charge in [-0.05, 0) is 66.9 Å². The second-order valence-corrected chi connectivity index (χ2v) is 7.32. The van der Waals surface area contributed by atoms with Crippen LogP contribution in [0.4, 0.5) is 5.69 Å². The van der Waals surface area contributed by atoms with Crippen LogP contribution in [0.2, 0.25) is 0 Å². The number of nitrogens with one attached hydrogen (secondary N) is 2. The van der Waals surface area contributed by atoms with E-state index in [1.165, 1.54) is 18.4 Å². The summed E-state index contributed by atoms with van der Waals surface area (Å²) in [5.41, 5.74) is 2.41. The Hall–Kier alpha value is -3.60. The molecule has 2 N–H and O–H groups in total. The van der Waals surface area contributed by atoms with E-state index in [2.05, 4.69) is 17.6 Å². The number of anilines is 1. The predicted octanol–water partition coefficient (Wildman–Crippen LogP) is 5.58. The number of carbonyl (C=O) groups is 2. The molecule has 0 saturated carbocycles. The number of ether oxygens (including phenoxy) is 1. The summed E-state index contributed by atoms with van der Waals surface area (Å²) >= 11 is 0. The van der Waals surface area contributed by atoms with Gasteiger partial charge in [0, 0.05) is 11.3 Å². The Bertz CT molecular complexity index is 968. The first kappa shape index (κ1) is 22.1. The molecule has 160 valence electrons. The topological polar surface area (TPSA) is 67.4 Å². The van der Waals surface area contributed by atoms with Gasteiger partial charge in [0.1, 0.15) is 11.5 Å². The van der Waals surface area contributed by atoms with Crippen LogP contribution in [-0.4, -0.2) is 18.4 Å². The molecule has 5 heteroatoms. The number of carbonyl (C=O) groups excluding carboxylic acids is 2. The Morgan fingerprint density at radius 2 is 1.48 bits per heavy atom. The number of benzene rings is 3. The van der Waals surface area contributed by atoms with E-state index in [-0.39, 0.29) is 18.4 Å². The molecule has 0 unspecified atom stereocenters. The molecule has 0 aliphatic heterocycles. The molecule has 3 rings (SSSR count). The van der Waals surface area contributed by atoms with Crippen molar-refractivity contribution in [3.8, 4) is 11.5 Å². The van der Waals surface area contributed by atoms with Gasteiger partial charge in [-0.25, -0.2) is 0 Å². The summed E-state index contributed by atoms with van der Waals surface area (Å²) < 4.78 is 5.73. The molecule has 0 heterocycles. The Morgan fingerprint density at radius 3 is 2.16 bits per heavy atom. The van der Waals surface area contributed by atoms with Crippen LogP contribution in [0.3, 0.4) is 0 Å². The fourth-order valence-electron chi connectivity index (χ4n) is 3.10. The van der Waals surface area contributed by atoms with Crippen LogP contribution >= 0.6 is 0 Å². The molecule has 3 aromatic rings. The molecule has 5 nitrogen and oxygen atoms in total. The largest absolute Gasteiger partial charge is 0.457 e. The standard InChI is InChI=1S/C26H28N2O3/c1-2-3-5-8-20-11-13-21(14-12-20)26(30)27-19-25(29)28-22-15-17-24(18-16-22)31-23-9-6-4-7-10-23/h4,6-7,9-18H,2-3,5,8,19H2,1H3,(H,27,30)(H,28,29). The highest BCUT2D eigenvalue weighted by atomic mass is 16.5. The van der Waals surface area contributed by atoms with Crippen molar-refractivity contribution in [3.05, 3.63) is 90.0 Å². The van der Waals surface area contributed by atoms with E-state index in [1.54, 1.807) is 36.4 Å². The van der Waals surface area contributed by atoms with E-state index in [9.17, 15) is 9.59 Å². The van der Waals surface area contributed by atoms with Gasteiger partial charge in [0.05, 0.1) is 6.54 Å². The van der Waals surface area contributed by atoms with E-state index in [4.69, 9.17) is 4.74 Å². The van der Waals surface area contributed by atoms with Crippen molar-refractivity contribution < 1.29 is 14.3 Å². The lowest BCUT2D eigenvalue weighted by Crippen LogP contribution is -2.32. The van der Waals surface area contributed by atoms with Crippen molar-refractivity contribution in [1.29, 1.82) is 0 Å². The third-order valence-corrected chi connectivity index (χ3v) is 4.81. The minimum atomic E-state index is -0.290. The highest BCUT2D eigenvalue weighted by Gasteiger charge is 2.09. The molecule has 2 amide bonds. The maximum absolute atomic E-state index is 12.3. The van der Waals surface area contributed by atoms with Gasteiger partial charge in [-0.3, -0.25) is 9.59 Å². The van der Waals surface area contributed by atoms with Crippen LogP contribution in [0.15, 0.2) is 78.9 Å². The zero-order valence-corrected chi connectivity index (χ0v) is 17.8. The second-order valence-electron chi connectivity index (χ2n) is 7.32. The molecular formula is C26H28N2O3. The minimum Gasteiger partial charge on any atom is -0.457 e. The fraction of sp³-hybridized carbons (Fsp3) is 0.231. The van der Waals surface area contributed by atoms with Crippen LogP contribution in [0.1, 0.15) is 42.1 Å². The van der Waals surface area contributed by atoms with Gasteiger partial charge >= 0.3 is 0 Å². The maximum atomic E-state index is 12.3. The molecule has 0 fully saturated rings. The summed E-state index contributed by atoms with van der Waals surface area (Å²) in [6.45, 7) is 2.08. The quantitative estimate of drug-likeness (QED) is 0.424. The van der Waals surface area contributed by atoms with Crippen LogP contribution < -0.4 is 15.4 Å². The summed E-state index contributed by atoms with van der Waals surface area (Å²) in [6.07, 6.45) is 4.57. The van der Waals surface area contributed by atoms with Gasteiger partial charge in [0.25, 0.3) is 5.91 Å². The van der Waals surface area contributed by atoms with Crippen molar-refractivity contribution in [2.45, 2.75) is 32.6 Å². The minimum absolute atomic E-state index is 0.0979. The van der Waals surface area contributed by atoms with Gasteiger partial charge in [-0.15, -0.1) is 0 Å². The number of hydrogen-bond acceptors (Lipinski definition) is 3. The van der Waals surface area contributed by atoms with Gasteiger partial charge in [-0.1, -0.05) is 50.1 Å². The van der Waals surface area contributed by atoms with Gasteiger partial charge in [0.2, 0.25) is 5.91 Å². The molecule has 0 atom stereocenters. The third-order valence-electron chi connectivity index (χ3n) is 4.81. The van der Waals surface area contributed by atoms with Crippen molar-refractivity contribution >= 4 is 17.5 Å². The monoisotopic (exact) mass is 416 g/mol. The molecule has 0 spiro atoms. The SMILES string of the molecule is CCCCCc1ccc(C(=O)NCC(=O)Nc2ccc(Oc3ccccc3)cc2)cc1. The van der Waals surface area contributed by atoms with Gasteiger partial charge in [-0.2, -0.15) is 0 Å². The number of rotatable bonds is 10. The van der Waals surface area contributed by atoms with Gasteiger partial charge < -0.3 is 15.4 Å². The maximum Gasteiger partial charge on any atom is 0.251 e. The average Bonchev–Trinajstić information content (AvgIpc) is 2.80. The Kier molecular flexibility index (Phi) is 8.23. The summed E-state index contributed by atoms with van der Waals surface area (Å²) in [7, 11) is 0. The summed E-state index contributed by atoms with van der Waals surface area (Å²) in [4.78, 5) is 24.5. The lowest BCUT2D eigenvalue weighted by Gasteiger charge is -2.09. The van der Waals surface area contributed by atoms with Crippen LogP contribution in [0.25, 0.3) is 0 Å². The van der Waals surface area contributed by atoms with Crippen molar-refractivity contribution in [2.24, 2.45) is 0 Å². The lowest BCUT2D eigenvalue weighted by molar-refractivity contribution is -0.115. The predicted molar refractivity (Wildman–Crippen MR) is 124 cm³/mol. The number of para-hydroxylation sites is 1.